The van der Waals surface area contributed by atoms with Gasteiger partial charge in [-0.2, -0.15) is 0 Å². The third-order valence-electron chi connectivity index (χ3n) is 2.38. The monoisotopic (exact) mass is 220 g/mol. The van der Waals surface area contributed by atoms with E-state index in [9.17, 15) is 9.59 Å². The average Bonchev–Trinajstić information content (AvgIpc) is 2.57. The Morgan fingerprint density at radius 3 is 3.00 bits per heavy atom. The highest BCUT2D eigenvalue weighted by Crippen LogP contribution is 2.25. The first-order valence-corrected chi connectivity index (χ1v) is 4.98. The molecule has 1 unspecified atom stereocenters. The lowest BCUT2D eigenvalue weighted by Crippen LogP contribution is -2.24. The molecule has 84 valence electrons. The molecule has 1 aliphatic rings. The molecule has 16 heavy (non-hydrogen) atoms. The van der Waals surface area contributed by atoms with Crippen molar-refractivity contribution in [3.8, 4) is 0 Å². The predicted molar refractivity (Wildman–Crippen MR) is 59.1 cm³/mol. The maximum Gasteiger partial charge on any atom is 0.252 e. The summed E-state index contributed by atoms with van der Waals surface area (Å²) in [7, 11) is 0. The van der Waals surface area contributed by atoms with E-state index in [1.165, 1.54) is 6.92 Å². The Morgan fingerprint density at radius 1 is 1.56 bits per heavy atom. The number of hydrogen-bond acceptors (Lipinski definition) is 3. The van der Waals surface area contributed by atoms with Gasteiger partial charge in [0.05, 0.1) is 6.42 Å². The number of aliphatic hydroxyl groups is 1. The standard InChI is InChI=1S/C11H12N2O3/c1-6(14)11(16)12-8-2-3-9-7(4-8)5-10(15)13-9/h2-4,6,14H,5H2,1H3,(H,12,16)(H,13,15). The highest BCUT2D eigenvalue weighted by Gasteiger charge is 2.18. The van der Waals surface area contributed by atoms with E-state index in [2.05, 4.69) is 10.6 Å². The van der Waals surface area contributed by atoms with Gasteiger partial charge in [0.15, 0.2) is 0 Å². The first kappa shape index (κ1) is 10.6. The van der Waals surface area contributed by atoms with E-state index in [0.29, 0.717) is 12.1 Å². The van der Waals surface area contributed by atoms with E-state index in [1.54, 1.807) is 18.2 Å². The van der Waals surface area contributed by atoms with Crippen molar-refractivity contribution in [1.82, 2.24) is 0 Å². The number of amides is 2. The van der Waals surface area contributed by atoms with Gasteiger partial charge in [0.1, 0.15) is 6.10 Å². The molecule has 0 aromatic heterocycles. The first-order chi connectivity index (χ1) is 7.56. The van der Waals surface area contributed by atoms with E-state index >= 15 is 0 Å². The molecule has 0 saturated heterocycles. The summed E-state index contributed by atoms with van der Waals surface area (Å²) in [5.74, 6) is -0.508. The summed E-state index contributed by atoms with van der Waals surface area (Å²) >= 11 is 0. The summed E-state index contributed by atoms with van der Waals surface area (Å²) in [6.45, 7) is 1.40. The molecule has 0 radical (unpaired) electrons. The third-order valence-corrected chi connectivity index (χ3v) is 2.38. The number of rotatable bonds is 2. The Labute approximate surface area is 92.5 Å². The van der Waals surface area contributed by atoms with Crippen molar-refractivity contribution >= 4 is 23.2 Å². The van der Waals surface area contributed by atoms with E-state index in [-0.39, 0.29) is 5.91 Å². The lowest BCUT2D eigenvalue weighted by Gasteiger charge is -2.08. The van der Waals surface area contributed by atoms with Crippen LogP contribution >= 0.6 is 0 Å². The normalized spacial score (nSPS) is 15.2. The maximum atomic E-state index is 11.2. The molecule has 5 nitrogen and oxygen atoms in total. The van der Waals surface area contributed by atoms with Gasteiger partial charge in [0, 0.05) is 11.4 Å². The van der Waals surface area contributed by atoms with Crippen LogP contribution in [-0.2, 0) is 16.0 Å². The molecule has 5 heteroatoms. The Bertz CT molecular complexity index is 455. The summed E-state index contributed by atoms with van der Waals surface area (Å²) in [6, 6.07) is 5.15. The number of fused-ring (bicyclic) bond motifs is 1. The average molecular weight is 220 g/mol. The molecule has 1 aliphatic heterocycles. The lowest BCUT2D eigenvalue weighted by molar-refractivity contribution is -0.123. The van der Waals surface area contributed by atoms with Crippen molar-refractivity contribution in [1.29, 1.82) is 0 Å². The zero-order chi connectivity index (χ0) is 11.7. The van der Waals surface area contributed by atoms with Crippen LogP contribution in [0.2, 0.25) is 0 Å². The van der Waals surface area contributed by atoms with Gasteiger partial charge in [0.2, 0.25) is 5.91 Å². The Hall–Kier alpha value is -1.88. The highest BCUT2D eigenvalue weighted by atomic mass is 16.3. The Kier molecular flexibility index (Phi) is 2.62. The lowest BCUT2D eigenvalue weighted by atomic mass is 10.1. The zero-order valence-electron chi connectivity index (χ0n) is 8.78. The predicted octanol–water partition coefficient (Wildman–Crippen LogP) is 0.500. The molecule has 3 N–H and O–H groups in total. The van der Waals surface area contributed by atoms with Crippen molar-refractivity contribution in [3.05, 3.63) is 23.8 Å². The van der Waals surface area contributed by atoms with Gasteiger partial charge in [-0.3, -0.25) is 9.59 Å². The Balaban J connectivity index is 2.17. The number of anilines is 2. The van der Waals surface area contributed by atoms with Gasteiger partial charge < -0.3 is 15.7 Å². The molecule has 0 spiro atoms. The van der Waals surface area contributed by atoms with Gasteiger partial charge in [-0.1, -0.05) is 0 Å². The van der Waals surface area contributed by atoms with E-state index in [4.69, 9.17) is 5.11 Å². The number of nitrogens with one attached hydrogen (secondary N) is 2. The summed E-state index contributed by atoms with van der Waals surface area (Å²) in [5, 5.41) is 14.3. The second kappa shape index (κ2) is 3.94. The maximum absolute atomic E-state index is 11.2. The topological polar surface area (TPSA) is 78.4 Å². The molecule has 2 amide bonds. The minimum atomic E-state index is -1.05. The number of benzene rings is 1. The molecule has 1 heterocycles. The van der Waals surface area contributed by atoms with Crippen molar-refractivity contribution in [2.24, 2.45) is 0 Å². The summed E-state index contributed by atoms with van der Waals surface area (Å²) < 4.78 is 0. The smallest absolute Gasteiger partial charge is 0.252 e. The van der Waals surface area contributed by atoms with Gasteiger partial charge >= 0.3 is 0 Å². The van der Waals surface area contributed by atoms with Crippen LogP contribution in [0.25, 0.3) is 0 Å². The van der Waals surface area contributed by atoms with Crippen LogP contribution < -0.4 is 10.6 Å². The zero-order valence-corrected chi connectivity index (χ0v) is 8.78. The molecule has 1 aromatic carbocycles. The van der Waals surface area contributed by atoms with E-state index < -0.39 is 12.0 Å². The Morgan fingerprint density at radius 2 is 2.31 bits per heavy atom. The van der Waals surface area contributed by atoms with Crippen LogP contribution in [0.5, 0.6) is 0 Å². The van der Waals surface area contributed by atoms with Crippen molar-refractivity contribution < 1.29 is 14.7 Å². The van der Waals surface area contributed by atoms with E-state index in [1.807, 2.05) is 0 Å². The van der Waals surface area contributed by atoms with Crippen LogP contribution in [0.15, 0.2) is 18.2 Å². The number of aliphatic hydroxyl groups excluding tert-OH is 1. The molecule has 1 atom stereocenters. The van der Waals surface area contributed by atoms with Crippen molar-refractivity contribution in [2.75, 3.05) is 10.6 Å². The molecular weight excluding hydrogens is 208 g/mol. The number of carbonyl (C=O) groups excluding carboxylic acids is 2. The third kappa shape index (κ3) is 2.04. The van der Waals surface area contributed by atoms with Crippen LogP contribution in [0.1, 0.15) is 12.5 Å². The summed E-state index contributed by atoms with van der Waals surface area (Å²) in [4.78, 5) is 22.3. The minimum absolute atomic E-state index is 0.0472. The molecule has 0 saturated carbocycles. The molecule has 0 fully saturated rings. The first-order valence-electron chi connectivity index (χ1n) is 4.98. The van der Waals surface area contributed by atoms with Crippen LogP contribution in [0.3, 0.4) is 0 Å². The van der Waals surface area contributed by atoms with Gasteiger partial charge in [-0.25, -0.2) is 0 Å². The molecule has 0 bridgehead atoms. The summed E-state index contributed by atoms with van der Waals surface area (Å²) in [6.07, 6.45) is -0.721. The molecule has 2 rings (SSSR count). The second-order valence-corrected chi connectivity index (χ2v) is 3.76. The van der Waals surface area contributed by atoms with Crippen molar-refractivity contribution in [2.45, 2.75) is 19.4 Å². The quantitative estimate of drug-likeness (QED) is 0.679. The summed E-state index contributed by atoms with van der Waals surface area (Å²) in [5.41, 5.74) is 2.22. The minimum Gasteiger partial charge on any atom is -0.384 e. The van der Waals surface area contributed by atoms with E-state index in [0.717, 1.165) is 11.3 Å². The van der Waals surface area contributed by atoms with Crippen LogP contribution in [-0.4, -0.2) is 23.0 Å². The number of hydrogen-bond donors (Lipinski definition) is 3. The molecule has 1 aromatic rings. The fraction of sp³-hybridized carbons (Fsp3) is 0.273. The van der Waals surface area contributed by atoms with Gasteiger partial charge in [0.25, 0.3) is 5.91 Å². The SMILES string of the molecule is CC(O)C(=O)Nc1ccc2c(c1)CC(=O)N2. The van der Waals surface area contributed by atoms with Gasteiger partial charge in [-0.15, -0.1) is 0 Å². The number of carbonyl (C=O) groups is 2. The largest absolute Gasteiger partial charge is 0.384 e. The van der Waals surface area contributed by atoms with Gasteiger partial charge in [-0.05, 0) is 30.7 Å². The van der Waals surface area contributed by atoms with Crippen molar-refractivity contribution in [3.63, 3.8) is 0 Å². The molecular formula is C11H12N2O3. The fourth-order valence-electron chi connectivity index (χ4n) is 1.55. The second-order valence-electron chi connectivity index (χ2n) is 3.76. The van der Waals surface area contributed by atoms with Crippen LogP contribution in [0.4, 0.5) is 11.4 Å². The van der Waals surface area contributed by atoms with Crippen LogP contribution in [0, 0.1) is 0 Å². The molecule has 0 aliphatic carbocycles. The highest BCUT2D eigenvalue weighted by molar-refractivity contribution is 6.00. The fourth-order valence-corrected chi connectivity index (χ4v) is 1.55.